The van der Waals surface area contributed by atoms with Crippen LogP contribution in [-0.4, -0.2) is 9.97 Å². The van der Waals surface area contributed by atoms with Gasteiger partial charge in [-0.3, -0.25) is 0 Å². The van der Waals surface area contributed by atoms with Crippen molar-refractivity contribution in [1.82, 2.24) is 9.97 Å². The summed E-state index contributed by atoms with van der Waals surface area (Å²) in [6.45, 7) is 2.13. The van der Waals surface area contributed by atoms with Crippen molar-refractivity contribution in [3.8, 4) is 0 Å². The van der Waals surface area contributed by atoms with Crippen LogP contribution in [0.4, 0.5) is 11.5 Å². The SMILES string of the molecule is CCc1cc2c(Nc3ccc(Cl)cc3Cl)ncnc2s1. The smallest absolute Gasteiger partial charge is 0.142 e. The first kappa shape index (κ1) is 13.6. The van der Waals surface area contributed by atoms with Crippen molar-refractivity contribution in [2.24, 2.45) is 0 Å². The first-order valence-corrected chi connectivity index (χ1v) is 7.70. The van der Waals surface area contributed by atoms with E-state index in [1.54, 1.807) is 29.8 Å². The molecule has 20 heavy (non-hydrogen) atoms. The molecule has 0 bridgehead atoms. The highest BCUT2D eigenvalue weighted by molar-refractivity contribution is 7.18. The second-order valence-corrected chi connectivity index (χ2v) is 6.22. The number of nitrogens with one attached hydrogen (secondary N) is 1. The highest BCUT2D eigenvalue weighted by atomic mass is 35.5. The van der Waals surface area contributed by atoms with E-state index in [-0.39, 0.29) is 0 Å². The number of aryl methyl sites for hydroxylation is 1. The maximum atomic E-state index is 6.18. The molecule has 102 valence electrons. The van der Waals surface area contributed by atoms with Gasteiger partial charge < -0.3 is 5.32 Å². The maximum Gasteiger partial charge on any atom is 0.142 e. The van der Waals surface area contributed by atoms with Crippen LogP contribution < -0.4 is 5.32 Å². The van der Waals surface area contributed by atoms with Gasteiger partial charge >= 0.3 is 0 Å². The minimum atomic E-state index is 0.565. The minimum Gasteiger partial charge on any atom is -0.338 e. The third-order valence-corrected chi connectivity index (χ3v) is 4.65. The van der Waals surface area contributed by atoms with Gasteiger partial charge in [0.05, 0.1) is 16.1 Å². The molecule has 1 aromatic carbocycles. The molecule has 1 N–H and O–H groups in total. The number of anilines is 2. The summed E-state index contributed by atoms with van der Waals surface area (Å²) in [5.74, 6) is 0.759. The van der Waals surface area contributed by atoms with Crippen LogP contribution in [0.3, 0.4) is 0 Å². The Labute approximate surface area is 130 Å². The first-order chi connectivity index (χ1) is 9.67. The molecule has 3 nitrogen and oxygen atoms in total. The Hall–Kier alpha value is -1.36. The molecular weight excluding hydrogens is 313 g/mol. The number of aromatic nitrogens is 2. The van der Waals surface area contributed by atoms with Crippen LogP contribution in [0, 0.1) is 0 Å². The maximum absolute atomic E-state index is 6.18. The quantitative estimate of drug-likeness (QED) is 0.710. The third-order valence-electron chi connectivity index (χ3n) is 2.91. The monoisotopic (exact) mass is 323 g/mol. The zero-order valence-corrected chi connectivity index (χ0v) is 13.0. The second-order valence-electron chi connectivity index (χ2n) is 4.26. The molecule has 0 saturated carbocycles. The van der Waals surface area contributed by atoms with E-state index < -0.39 is 0 Å². The highest BCUT2D eigenvalue weighted by Crippen LogP contribution is 2.32. The summed E-state index contributed by atoms with van der Waals surface area (Å²) < 4.78 is 0. The Bertz CT molecular complexity index is 770. The fourth-order valence-corrected chi connectivity index (χ4v) is 3.29. The molecule has 3 rings (SSSR count). The molecule has 3 aromatic rings. The number of hydrogen-bond donors (Lipinski definition) is 1. The molecule has 0 saturated heterocycles. The standard InChI is InChI=1S/C14H11Cl2N3S/c1-2-9-6-10-13(17-7-18-14(10)20-9)19-12-4-3-8(15)5-11(12)16/h3-7H,2H2,1H3,(H,17,18,19). The van der Waals surface area contributed by atoms with E-state index in [4.69, 9.17) is 23.2 Å². The van der Waals surface area contributed by atoms with E-state index in [0.717, 1.165) is 28.1 Å². The Morgan fingerprint density at radius 1 is 1.20 bits per heavy atom. The van der Waals surface area contributed by atoms with Crippen molar-refractivity contribution in [2.75, 3.05) is 5.32 Å². The lowest BCUT2D eigenvalue weighted by atomic mass is 10.3. The van der Waals surface area contributed by atoms with E-state index in [1.807, 2.05) is 6.07 Å². The summed E-state index contributed by atoms with van der Waals surface area (Å²) in [7, 11) is 0. The van der Waals surface area contributed by atoms with Crippen molar-refractivity contribution in [2.45, 2.75) is 13.3 Å². The number of thiophene rings is 1. The van der Waals surface area contributed by atoms with Gasteiger partial charge in [-0.1, -0.05) is 30.1 Å². The zero-order valence-electron chi connectivity index (χ0n) is 10.7. The summed E-state index contributed by atoms with van der Waals surface area (Å²) in [6, 6.07) is 7.45. The fraction of sp³-hybridized carbons (Fsp3) is 0.143. The Morgan fingerprint density at radius 2 is 2.05 bits per heavy atom. The van der Waals surface area contributed by atoms with Gasteiger partial charge in [0.25, 0.3) is 0 Å². The molecule has 0 spiro atoms. The summed E-state index contributed by atoms with van der Waals surface area (Å²) in [4.78, 5) is 10.9. The van der Waals surface area contributed by atoms with Gasteiger partial charge in [-0.25, -0.2) is 9.97 Å². The van der Waals surface area contributed by atoms with Crippen molar-refractivity contribution < 1.29 is 0 Å². The summed E-state index contributed by atoms with van der Waals surface area (Å²) in [5.41, 5.74) is 0.778. The van der Waals surface area contributed by atoms with E-state index in [1.165, 1.54) is 4.88 Å². The minimum absolute atomic E-state index is 0.565. The van der Waals surface area contributed by atoms with E-state index in [2.05, 4.69) is 28.3 Å². The molecule has 0 aliphatic heterocycles. The molecule has 0 radical (unpaired) electrons. The number of nitrogens with zero attached hydrogens (tertiary/aromatic N) is 2. The summed E-state index contributed by atoms with van der Waals surface area (Å²) in [5, 5.41) is 5.43. The fourth-order valence-electron chi connectivity index (χ4n) is 1.90. The number of halogens is 2. The van der Waals surface area contributed by atoms with Gasteiger partial charge in [-0.2, -0.15) is 0 Å². The molecule has 0 aliphatic carbocycles. The van der Waals surface area contributed by atoms with Gasteiger partial charge in [0, 0.05) is 9.90 Å². The van der Waals surface area contributed by atoms with E-state index >= 15 is 0 Å². The van der Waals surface area contributed by atoms with E-state index in [0.29, 0.717) is 10.0 Å². The van der Waals surface area contributed by atoms with Crippen LogP contribution in [0.5, 0.6) is 0 Å². The van der Waals surface area contributed by atoms with E-state index in [9.17, 15) is 0 Å². The lowest BCUT2D eigenvalue weighted by molar-refractivity contribution is 1.19. The Kier molecular flexibility index (Phi) is 3.78. The summed E-state index contributed by atoms with van der Waals surface area (Å²) in [6.07, 6.45) is 2.55. The normalized spacial score (nSPS) is 10.9. The van der Waals surface area contributed by atoms with Crippen LogP contribution in [0.2, 0.25) is 10.0 Å². The summed E-state index contributed by atoms with van der Waals surface area (Å²) >= 11 is 13.8. The molecule has 0 amide bonds. The van der Waals surface area contributed by atoms with Crippen molar-refractivity contribution in [3.05, 3.63) is 45.5 Å². The third kappa shape index (κ3) is 2.59. The predicted octanol–water partition coefficient (Wildman–Crippen LogP) is 5.30. The van der Waals surface area contributed by atoms with Crippen LogP contribution in [-0.2, 0) is 6.42 Å². The molecule has 6 heteroatoms. The molecule has 2 heterocycles. The number of fused-ring (bicyclic) bond motifs is 1. The molecule has 0 unspecified atom stereocenters. The van der Waals surface area contributed by atoms with Crippen molar-refractivity contribution in [3.63, 3.8) is 0 Å². The Balaban J connectivity index is 2.03. The average Bonchev–Trinajstić information content (AvgIpc) is 2.86. The number of hydrogen-bond acceptors (Lipinski definition) is 4. The van der Waals surface area contributed by atoms with Gasteiger partial charge in [0.1, 0.15) is 17.0 Å². The lowest BCUT2D eigenvalue weighted by Gasteiger charge is -2.08. The number of rotatable bonds is 3. The average molecular weight is 324 g/mol. The predicted molar refractivity (Wildman–Crippen MR) is 86.5 cm³/mol. The molecule has 0 fully saturated rings. The first-order valence-electron chi connectivity index (χ1n) is 6.13. The van der Waals surface area contributed by atoms with Gasteiger partial charge in [0.2, 0.25) is 0 Å². The zero-order chi connectivity index (χ0) is 14.1. The van der Waals surface area contributed by atoms with Gasteiger partial charge in [-0.05, 0) is 30.7 Å². The lowest BCUT2D eigenvalue weighted by Crippen LogP contribution is -1.95. The van der Waals surface area contributed by atoms with Crippen molar-refractivity contribution >= 4 is 56.3 Å². The van der Waals surface area contributed by atoms with Gasteiger partial charge in [-0.15, -0.1) is 11.3 Å². The molecular formula is C14H11Cl2N3S. The second kappa shape index (κ2) is 5.56. The van der Waals surface area contributed by atoms with Crippen LogP contribution >= 0.6 is 34.5 Å². The molecule has 0 aliphatic rings. The van der Waals surface area contributed by atoms with Crippen LogP contribution in [0.1, 0.15) is 11.8 Å². The Morgan fingerprint density at radius 3 is 2.80 bits per heavy atom. The van der Waals surface area contributed by atoms with Crippen LogP contribution in [0.15, 0.2) is 30.6 Å². The molecule has 0 atom stereocenters. The topological polar surface area (TPSA) is 37.8 Å². The van der Waals surface area contributed by atoms with Crippen LogP contribution in [0.25, 0.3) is 10.2 Å². The largest absolute Gasteiger partial charge is 0.338 e. The van der Waals surface area contributed by atoms with Gasteiger partial charge in [0.15, 0.2) is 0 Å². The van der Waals surface area contributed by atoms with Crippen molar-refractivity contribution in [1.29, 1.82) is 0 Å². The highest BCUT2D eigenvalue weighted by Gasteiger charge is 2.09. The molecule has 2 aromatic heterocycles. The number of benzene rings is 1.